The van der Waals surface area contributed by atoms with E-state index in [1.165, 1.54) is 11.3 Å². The molecule has 0 saturated heterocycles. The largest absolute Gasteiger partial charge is 0.363 e. The third kappa shape index (κ3) is 2.55. The third-order valence-corrected chi connectivity index (χ3v) is 4.25. The van der Waals surface area contributed by atoms with Gasteiger partial charge in [0.05, 0.1) is 0 Å². The molecule has 2 rings (SSSR count). The summed E-state index contributed by atoms with van der Waals surface area (Å²) in [6.45, 7) is 6.21. The average Bonchev–Trinajstić information content (AvgIpc) is 2.98. The third-order valence-electron chi connectivity index (χ3n) is 2.38. The van der Waals surface area contributed by atoms with Crippen LogP contribution in [0.1, 0.15) is 13.8 Å². The second-order valence-corrected chi connectivity index (χ2v) is 5.16. The van der Waals surface area contributed by atoms with Gasteiger partial charge in [-0.3, -0.25) is 0 Å². The zero-order valence-corrected chi connectivity index (χ0v) is 11.7. The summed E-state index contributed by atoms with van der Waals surface area (Å²) in [5, 5.41) is 15.9. The van der Waals surface area contributed by atoms with E-state index >= 15 is 0 Å². The minimum absolute atomic E-state index is 0.817. The quantitative estimate of drug-likeness (QED) is 0.904. The van der Waals surface area contributed by atoms with Crippen LogP contribution in [-0.2, 0) is 0 Å². The summed E-state index contributed by atoms with van der Waals surface area (Å²) >= 11 is 3.17. The van der Waals surface area contributed by atoms with Crippen molar-refractivity contribution in [3.63, 3.8) is 0 Å². The maximum absolute atomic E-state index is 4.59. The molecule has 2 heterocycles. The second-order valence-electron chi connectivity index (χ2n) is 3.35. The summed E-state index contributed by atoms with van der Waals surface area (Å²) in [6, 6.07) is 0. The van der Waals surface area contributed by atoms with Gasteiger partial charge in [0, 0.05) is 25.5 Å². The summed E-state index contributed by atoms with van der Waals surface area (Å²) in [6.07, 6.45) is 0. The first-order valence-electron chi connectivity index (χ1n) is 5.50. The van der Waals surface area contributed by atoms with Gasteiger partial charge < -0.3 is 10.2 Å². The molecular formula is C10H15N5S2. The van der Waals surface area contributed by atoms with Gasteiger partial charge in [-0.05, 0) is 13.8 Å². The minimum atomic E-state index is 0.817. The molecule has 0 aromatic carbocycles. The Morgan fingerprint density at radius 2 is 2.06 bits per heavy atom. The standard InChI is InChI=1S/C10H15N5S2/c1-4-15(5-2)10-12-7(6-16-10)8-13-14-9(11-3)17-8/h6H,4-5H2,1-3H3,(H,11,14). The minimum Gasteiger partial charge on any atom is -0.363 e. The van der Waals surface area contributed by atoms with Gasteiger partial charge in [-0.1, -0.05) is 11.3 Å². The fraction of sp³-hybridized carbons (Fsp3) is 0.500. The molecule has 0 atom stereocenters. The molecule has 0 bridgehead atoms. The van der Waals surface area contributed by atoms with Gasteiger partial charge in [0.2, 0.25) is 5.13 Å². The number of hydrogen-bond acceptors (Lipinski definition) is 7. The first-order chi connectivity index (χ1) is 8.28. The first kappa shape index (κ1) is 12.3. The van der Waals surface area contributed by atoms with Crippen LogP contribution in [0.3, 0.4) is 0 Å². The molecule has 0 aliphatic heterocycles. The topological polar surface area (TPSA) is 53.9 Å². The van der Waals surface area contributed by atoms with Crippen molar-refractivity contribution in [2.24, 2.45) is 0 Å². The Balaban J connectivity index is 2.22. The van der Waals surface area contributed by atoms with E-state index in [2.05, 4.69) is 39.2 Å². The SMILES string of the molecule is CCN(CC)c1nc(-c2nnc(NC)s2)cs1. The Morgan fingerprint density at radius 3 is 2.65 bits per heavy atom. The van der Waals surface area contributed by atoms with Gasteiger partial charge in [-0.2, -0.15) is 0 Å². The van der Waals surface area contributed by atoms with Gasteiger partial charge in [-0.15, -0.1) is 21.5 Å². The van der Waals surface area contributed by atoms with Gasteiger partial charge in [0.15, 0.2) is 10.1 Å². The van der Waals surface area contributed by atoms with E-state index in [1.807, 2.05) is 12.4 Å². The van der Waals surface area contributed by atoms with Crippen LogP contribution in [0.5, 0.6) is 0 Å². The summed E-state index contributed by atoms with van der Waals surface area (Å²) in [5.74, 6) is 0. The smallest absolute Gasteiger partial charge is 0.205 e. The molecule has 2 aromatic heterocycles. The fourth-order valence-corrected chi connectivity index (χ4v) is 3.10. The Hall–Kier alpha value is -1.21. The van der Waals surface area contributed by atoms with E-state index < -0.39 is 0 Å². The van der Waals surface area contributed by atoms with E-state index in [0.29, 0.717) is 0 Å². The Kier molecular flexibility index (Phi) is 3.90. The number of nitrogens with zero attached hydrogens (tertiary/aromatic N) is 4. The summed E-state index contributed by atoms with van der Waals surface area (Å²) in [5.41, 5.74) is 0.913. The molecule has 17 heavy (non-hydrogen) atoms. The van der Waals surface area contributed by atoms with Crippen molar-refractivity contribution in [3.05, 3.63) is 5.38 Å². The van der Waals surface area contributed by atoms with E-state index in [-0.39, 0.29) is 0 Å². The Morgan fingerprint density at radius 1 is 1.29 bits per heavy atom. The second kappa shape index (κ2) is 5.42. The lowest BCUT2D eigenvalue weighted by atomic mass is 10.5. The molecule has 1 N–H and O–H groups in total. The molecule has 0 fully saturated rings. The van der Waals surface area contributed by atoms with Gasteiger partial charge >= 0.3 is 0 Å². The van der Waals surface area contributed by atoms with Gasteiger partial charge in [-0.25, -0.2) is 4.98 Å². The molecule has 0 amide bonds. The van der Waals surface area contributed by atoms with Crippen molar-refractivity contribution >= 4 is 32.9 Å². The molecule has 0 spiro atoms. The van der Waals surface area contributed by atoms with Crippen LogP contribution in [0, 0.1) is 0 Å². The normalized spacial score (nSPS) is 10.5. The van der Waals surface area contributed by atoms with Crippen LogP contribution in [-0.4, -0.2) is 35.3 Å². The lowest BCUT2D eigenvalue weighted by Crippen LogP contribution is -2.21. The molecule has 0 saturated carbocycles. The molecule has 0 aliphatic carbocycles. The van der Waals surface area contributed by atoms with E-state index in [9.17, 15) is 0 Å². The highest BCUT2D eigenvalue weighted by Gasteiger charge is 2.12. The van der Waals surface area contributed by atoms with Gasteiger partial charge in [0.25, 0.3) is 0 Å². The Labute approximate surface area is 109 Å². The highest BCUT2D eigenvalue weighted by molar-refractivity contribution is 7.19. The van der Waals surface area contributed by atoms with Crippen LogP contribution >= 0.6 is 22.7 Å². The molecule has 2 aromatic rings. The number of anilines is 2. The van der Waals surface area contributed by atoms with Crippen LogP contribution in [0.2, 0.25) is 0 Å². The maximum atomic E-state index is 4.59. The number of aromatic nitrogens is 3. The van der Waals surface area contributed by atoms with Crippen molar-refractivity contribution in [2.45, 2.75) is 13.8 Å². The predicted octanol–water partition coefficient (Wildman–Crippen LogP) is 2.55. The van der Waals surface area contributed by atoms with Crippen molar-refractivity contribution in [3.8, 4) is 10.7 Å². The van der Waals surface area contributed by atoms with Crippen molar-refractivity contribution in [1.82, 2.24) is 15.2 Å². The van der Waals surface area contributed by atoms with E-state index in [4.69, 9.17) is 0 Å². The summed E-state index contributed by atoms with van der Waals surface area (Å²) in [4.78, 5) is 6.83. The van der Waals surface area contributed by atoms with Crippen LogP contribution < -0.4 is 10.2 Å². The first-order valence-corrected chi connectivity index (χ1v) is 7.20. The molecular weight excluding hydrogens is 254 g/mol. The number of thiazole rings is 1. The zero-order valence-electron chi connectivity index (χ0n) is 10.1. The van der Waals surface area contributed by atoms with Crippen LogP contribution in [0.15, 0.2) is 5.38 Å². The number of rotatable bonds is 5. The molecule has 5 nitrogen and oxygen atoms in total. The highest BCUT2D eigenvalue weighted by atomic mass is 32.1. The molecule has 0 radical (unpaired) electrons. The number of nitrogens with one attached hydrogen (secondary N) is 1. The van der Waals surface area contributed by atoms with E-state index in [1.54, 1.807) is 11.3 Å². The predicted molar refractivity (Wildman–Crippen MR) is 74.1 cm³/mol. The van der Waals surface area contributed by atoms with Crippen molar-refractivity contribution in [1.29, 1.82) is 0 Å². The van der Waals surface area contributed by atoms with Crippen molar-refractivity contribution in [2.75, 3.05) is 30.4 Å². The summed E-state index contributed by atoms with van der Waals surface area (Å²) < 4.78 is 0. The van der Waals surface area contributed by atoms with Crippen LogP contribution in [0.25, 0.3) is 10.7 Å². The lowest BCUT2D eigenvalue weighted by molar-refractivity contribution is 0.860. The molecule has 0 unspecified atom stereocenters. The van der Waals surface area contributed by atoms with Gasteiger partial charge in [0.1, 0.15) is 5.69 Å². The summed E-state index contributed by atoms with van der Waals surface area (Å²) in [7, 11) is 1.84. The van der Waals surface area contributed by atoms with Crippen LogP contribution in [0.4, 0.5) is 10.3 Å². The number of hydrogen-bond donors (Lipinski definition) is 1. The molecule has 92 valence electrons. The highest BCUT2D eigenvalue weighted by Crippen LogP contribution is 2.30. The fourth-order valence-electron chi connectivity index (χ4n) is 1.43. The monoisotopic (exact) mass is 269 g/mol. The molecule has 0 aliphatic rings. The average molecular weight is 269 g/mol. The zero-order chi connectivity index (χ0) is 12.3. The van der Waals surface area contributed by atoms with E-state index in [0.717, 1.165) is 34.1 Å². The lowest BCUT2D eigenvalue weighted by Gasteiger charge is -2.16. The molecule has 7 heteroatoms. The maximum Gasteiger partial charge on any atom is 0.205 e. The van der Waals surface area contributed by atoms with Crippen molar-refractivity contribution < 1.29 is 0 Å². The Bertz CT molecular complexity index is 475.